The van der Waals surface area contributed by atoms with Crippen LogP contribution < -0.4 is 9.80 Å². The van der Waals surface area contributed by atoms with E-state index in [1.807, 2.05) is 70.3 Å². The van der Waals surface area contributed by atoms with Crippen LogP contribution in [-0.4, -0.2) is 78.6 Å². The quantitative estimate of drug-likeness (QED) is 0.584. The molecule has 1 N–H and O–H groups in total. The number of carbonyl (C=O) groups excluding carboxylic acids is 2. The van der Waals surface area contributed by atoms with E-state index in [1.165, 1.54) is 17.7 Å². The molecule has 2 aromatic rings. The van der Waals surface area contributed by atoms with E-state index in [-0.39, 0.29) is 30.3 Å². The van der Waals surface area contributed by atoms with Crippen LogP contribution >= 0.6 is 0 Å². The summed E-state index contributed by atoms with van der Waals surface area (Å²) in [6.45, 7) is 9.90. The van der Waals surface area contributed by atoms with Crippen LogP contribution in [0.3, 0.4) is 0 Å². The zero-order valence-electron chi connectivity index (χ0n) is 22.3. The molecule has 0 aromatic heterocycles. The molecule has 3 amide bonds. The maximum Gasteiger partial charge on any atom is 0.411 e. The lowest BCUT2D eigenvalue weighted by atomic mass is 9.99. The largest absolute Gasteiger partial charge is 0.465 e. The molecule has 0 spiro atoms. The van der Waals surface area contributed by atoms with E-state index >= 15 is 0 Å². The summed E-state index contributed by atoms with van der Waals surface area (Å²) in [6.07, 6.45) is 1.83. The van der Waals surface area contributed by atoms with Gasteiger partial charge in [0.2, 0.25) is 5.91 Å². The topological polar surface area (TPSA) is 84.4 Å². The van der Waals surface area contributed by atoms with E-state index in [1.54, 1.807) is 9.80 Å². The Balaban J connectivity index is 1.55. The molecule has 0 saturated carbocycles. The van der Waals surface area contributed by atoms with Crippen LogP contribution in [0.1, 0.15) is 50.4 Å². The number of likely N-dealkylation sites (tertiary alicyclic amines) is 1. The summed E-state index contributed by atoms with van der Waals surface area (Å²) < 4.78 is 0. The number of hydrogen-bond donors (Lipinski definition) is 1. The van der Waals surface area contributed by atoms with Crippen molar-refractivity contribution in [3.63, 3.8) is 0 Å². The monoisotopic (exact) mass is 506 g/mol. The minimum atomic E-state index is -1.04. The smallest absolute Gasteiger partial charge is 0.411 e. The van der Waals surface area contributed by atoms with Crippen LogP contribution in [0.4, 0.5) is 16.2 Å². The van der Waals surface area contributed by atoms with E-state index < -0.39 is 6.09 Å². The number of nitrogens with zero attached hydrogens (tertiary/aromatic N) is 4. The van der Waals surface area contributed by atoms with E-state index in [4.69, 9.17) is 0 Å². The van der Waals surface area contributed by atoms with Gasteiger partial charge in [-0.05, 0) is 74.2 Å². The molecule has 0 unspecified atom stereocenters. The van der Waals surface area contributed by atoms with Gasteiger partial charge in [-0.2, -0.15) is 0 Å². The number of benzene rings is 2. The molecule has 0 bridgehead atoms. The van der Waals surface area contributed by atoms with Gasteiger partial charge in [-0.15, -0.1) is 0 Å². The van der Waals surface area contributed by atoms with Crippen molar-refractivity contribution < 1.29 is 19.5 Å². The predicted octanol–water partition coefficient (Wildman–Crippen LogP) is 4.79. The van der Waals surface area contributed by atoms with Crippen LogP contribution in [0.5, 0.6) is 0 Å². The first-order valence-electron chi connectivity index (χ1n) is 13.2. The Labute approximate surface area is 219 Å². The highest BCUT2D eigenvalue weighted by molar-refractivity contribution is 6.03. The first-order chi connectivity index (χ1) is 17.7. The van der Waals surface area contributed by atoms with Crippen LogP contribution in [0.2, 0.25) is 0 Å². The number of carbonyl (C=O) groups is 3. The average Bonchev–Trinajstić information content (AvgIpc) is 3.39. The van der Waals surface area contributed by atoms with Gasteiger partial charge in [0.25, 0.3) is 5.91 Å². The molecule has 0 aliphatic carbocycles. The second kappa shape index (κ2) is 11.3. The second-order valence-corrected chi connectivity index (χ2v) is 10.7. The molecule has 2 aliphatic rings. The zero-order valence-corrected chi connectivity index (χ0v) is 22.3. The summed E-state index contributed by atoms with van der Waals surface area (Å²) >= 11 is 0. The molecule has 198 valence electrons. The van der Waals surface area contributed by atoms with Gasteiger partial charge in [-0.3, -0.25) is 14.5 Å². The third-order valence-corrected chi connectivity index (χ3v) is 7.26. The van der Waals surface area contributed by atoms with Crippen molar-refractivity contribution in [3.05, 3.63) is 48.0 Å². The summed E-state index contributed by atoms with van der Waals surface area (Å²) in [5.41, 5.74) is 3.45. The summed E-state index contributed by atoms with van der Waals surface area (Å²) in [7, 11) is 1.84. The van der Waals surface area contributed by atoms with Crippen molar-refractivity contribution in [2.75, 3.05) is 49.6 Å². The molecule has 1 saturated heterocycles. The summed E-state index contributed by atoms with van der Waals surface area (Å²) in [4.78, 5) is 45.2. The number of carboxylic acid groups (broad SMARTS) is 1. The number of amides is 3. The number of anilines is 2. The molecule has 2 aromatic carbocycles. The highest BCUT2D eigenvalue weighted by Gasteiger charge is 2.35. The van der Waals surface area contributed by atoms with Crippen LogP contribution in [-0.2, 0) is 4.79 Å². The van der Waals surface area contributed by atoms with Gasteiger partial charge in [0.05, 0.1) is 17.4 Å². The number of rotatable bonds is 7. The maximum absolute atomic E-state index is 13.0. The van der Waals surface area contributed by atoms with E-state index in [0.29, 0.717) is 29.9 Å². The van der Waals surface area contributed by atoms with E-state index in [9.17, 15) is 19.5 Å². The molecule has 2 heterocycles. The fourth-order valence-corrected chi connectivity index (χ4v) is 5.24. The summed E-state index contributed by atoms with van der Waals surface area (Å²) in [5.74, 6) is 0.195. The Morgan fingerprint density at radius 1 is 1.00 bits per heavy atom. The molecular formula is C29H38N4O4. The normalized spacial score (nSPS) is 17.7. The Kier molecular flexibility index (Phi) is 8.17. The van der Waals surface area contributed by atoms with Crippen molar-refractivity contribution in [3.8, 4) is 11.1 Å². The summed E-state index contributed by atoms with van der Waals surface area (Å²) in [6, 6.07) is 12.7. The second-order valence-electron chi connectivity index (χ2n) is 10.7. The Morgan fingerprint density at radius 2 is 1.65 bits per heavy atom. The molecule has 4 rings (SSSR count). The van der Waals surface area contributed by atoms with Gasteiger partial charge in [-0.1, -0.05) is 32.0 Å². The van der Waals surface area contributed by atoms with Gasteiger partial charge in [0.15, 0.2) is 0 Å². The average molecular weight is 507 g/mol. The van der Waals surface area contributed by atoms with E-state index in [0.717, 1.165) is 30.8 Å². The standard InChI is InChI=1S/C29H38N4O4/c1-20(2)17-27(34)33-21(3)19-32(29(36)37)26-18-24(11-12-25(26)33)22-7-9-23(10-8-22)28(35)30(4)15-16-31-13-5-6-14-31/h7-12,18,20-21H,5-6,13-17,19H2,1-4H3,(H,36,37)/t21-/m0/s1. The van der Waals surface area contributed by atoms with E-state index in [2.05, 4.69) is 4.90 Å². The molecular weight excluding hydrogens is 468 g/mol. The van der Waals surface area contributed by atoms with Crippen molar-refractivity contribution in [1.82, 2.24) is 9.80 Å². The van der Waals surface area contributed by atoms with Crippen LogP contribution in [0.25, 0.3) is 11.1 Å². The van der Waals surface area contributed by atoms with Crippen molar-refractivity contribution in [2.45, 2.75) is 46.1 Å². The van der Waals surface area contributed by atoms with Gasteiger partial charge in [-0.25, -0.2) is 4.79 Å². The number of fused-ring (bicyclic) bond motifs is 1. The Bertz CT molecular complexity index is 1140. The lowest BCUT2D eigenvalue weighted by Crippen LogP contribution is -2.51. The van der Waals surface area contributed by atoms with Gasteiger partial charge in [0.1, 0.15) is 0 Å². The van der Waals surface area contributed by atoms with Gasteiger partial charge < -0.3 is 19.8 Å². The minimum absolute atomic E-state index is 0.00162. The van der Waals surface area contributed by atoms with Gasteiger partial charge >= 0.3 is 6.09 Å². The lowest BCUT2D eigenvalue weighted by molar-refractivity contribution is -0.119. The van der Waals surface area contributed by atoms with Crippen molar-refractivity contribution >= 4 is 29.3 Å². The highest BCUT2D eigenvalue weighted by atomic mass is 16.4. The third kappa shape index (κ3) is 5.96. The predicted molar refractivity (Wildman–Crippen MR) is 146 cm³/mol. The fraction of sp³-hybridized carbons (Fsp3) is 0.483. The minimum Gasteiger partial charge on any atom is -0.465 e. The first-order valence-corrected chi connectivity index (χ1v) is 13.2. The molecule has 1 atom stereocenters. The lowest BCUT2D eigenvalue weighted by Gasteiger charge is -2.40. The first kappa shape index (κ1) is 26.7. The molecule has 2 aliphatic heterocycles. The van der Waals surface area contributed by atoms with Crippen molar-refractivity contribution in [1.29, 1.82) is 0 Å². The number of hydrogen-bond acceptors (Lipinski definition) is 4. The SMILES string of the molecule is CC(C)CC(=O)N1c2ccc(-c3ccc(C(=O)N(C)CCN4CCCC4)cc3)cc2N(C(=O)O)C[C@@H]1C. The zero-order chi connectivity index (χ0) is 26.7. The molecule has 8 nitrogen and oxygen atoms in total. The Morgan fingerprint density at radius 3 is 2.27 bits per heavy atom. The molecule has 37 heavy (non-hydrogen) atoms. The van der Waals surface area contributed by atoms with Gasteiger partial charge in [0, 0.05) is 38.7 Å². The number of likely N-dealkylation sites (N-methyl/N-ethyl adjacent to an activating group) is 1. The molecule has 0 radical (unpaired) electrons. The maximum atomic E-state index is 13.0. The van der Waals surface area contributed by atoms with Crippen molar-refractivity contribution in [2.24, 2.45) is 5.92 Å². The summed E-state index contributed by atoms with van der Waals surface area (Å²) in [5, 5.41) is 9.87. The Hall–Kier alpha value is -3.39. The van der Waals surface area contributed by atoms with Crippen LogP contribution in [0, 0.1) is 5.92 Å². The fourth-order valence-electron chi connectivity index (χ4n) is 5.24. The third-order valence-electron chi connectivity index (χ3n) is 7.26. The van der Waals surface area contributed by atoms with Crippen LogP contribution in [0.15, 0.2) is 42.5 Å². The molecule has 8 heteroatoms. The molecule has 1 fully saturated rings. The highest BCUT2D eigenvalue weighted by Crippen LogP contribution is 2.39.